The van der Waals surface area contributed by atoms with E-state index in [0.717, 1.165) is 54.4 Å². The van der Waals surface area contributed by atoms with Crippen LogP contribution in [0.1, 0.15) is 103 Å². The standard InChI is InChI=1S/C32H41N3O3/c1-8-18(3)22-14-26-29-21(19(22)4)10-11-27(34(5)6)30(29)24-16-35-28(31(24)33-26)15-23(20(9-2)12-13-36)25(17-38-7)32(35)37/h13-15,18,20,27H,8-12,16-17H2,1-7H3. The number of hydrogen-bond acceptors (Lipinski definition) is 5. The summed E-state index contributed by atoms with van der Waals surface area (Å²) in [5, 5.41) is 1.30. The number of aldehydes is 1. The number of nitrogens with zero attached hydrogens (tertiary/aromatic N) is 3. The van der Waals surface area contributed by atoms with Gasteiger partial charge in [0.2, 0.25) is 0 Å². The molecule has 3 unspecified atom stereocenters. The van der Waals surface area contributed by atoms with Gasteiger partial charge in [-0.15, -0.1) is 0 Å². The van der Waals surface area contributed by atoms with Gasteiger partial charge in [-0.1, -0.05) is 20.8 Å². The third kappa shape index (κ3) is 4.04. The SMILES string of the molecule is CCC(C)c1cc2nc3c(c4c2c(c1C)CCC4N(C)C)Cn1c-3cc(C(CC)CC=O)c(COC)c1=O. The molecule has 1 aliphatic carbocycles. The zero-order valence-electron chi connectivity index (χ0n) is 24.0. The second kappa shape index (κ2) is 10.4. The monoisotopic (exact) mass is 515 g/mol. The van der Waals surface area contributed by atoms with Crippen LogP contribution in [0.15, 0.2) is 16.9 Å². The van der Waals surface area contributed by atoms with Crippen LogP contribution in [-0.2, 0) is 29.1 Å². The highest BCUT2D eigenvalue weighted by Gasteiger charge is 2.35. The van der Waals surface area contributed by atoms with Crippen LogP contribution >= 0.6 is 0 Å². The molecule has 6 nitrogen and oxygen atoms in total. The third-order valence-electron chi connectivity index (χ3n) is 9.21. The fourth-order valence-electron chi connectivity index (χ4n) is 6.93. The van der Waals surface area contributed by atoms with Crippen molar-refractivity contribution in [3.05, 3.63) is 61.4 Å². The number of pyridine rings is 2. The number of hydrogen-bond donors (Lipinski definition) is 0. The first-order chi connectivity index (χ1) is 18.3. The van der Waals surface area contributed by atoms with Crippen LogP contribution < -0.4 is 5.56 Å². The molecule has 0 spiro atoms. The summed E-state index contributed by atoms with van der Waals surface area (Å²) in [6, 6.07) is 4.71. The molecule has 202 valence electrons. The third-order valence-corrected chi connectivity index (χ3v) is 9.21. The van der Waals surface area contributed by atoms with E-state index in [1.54, 1.807) is 7.11 Å². The Morgan fingerprint density at radius 2 is 1.95 bits per heavy atom. The predicted octanol–water partition coefficient (Wildman–Crippen LogP) is 6.03. The average molecular weight is 516 g/mol. The minimum absolute atomic E-state index is 0.0140. The normalized spacial score (nSPS) is 17.5. The Bertz CT molecular complexity index is 1470. The minimum atomic E-state index is -0.0214. The summed E-state index contributed by atoms with van der Waals surface area (Å²) >= 11 is 0. The first kappa shape index (κ1) is 26.8. The van der Waals surface area contributed by atoms with E-state index in [9.17, 15) is 9.59 Å². The molecule has 1 aromatic carbocycles. The largest absolute Gasteiger partial charge is 0.380 e. The molecule has 0 bridgehead atoms. The van der Waals surface area contributed by atoms with Crippen LogP contribution in [0.3, 0.4) is 0 Å². The Kier molecular flexibility index (Phi) is 7.31. The van der Waals surface area contributed by atoms with Crippen molar-refractivity contribution in [2.75, 3.05) is 21.2 Å². The zero-order chi connectivity index (χ0) is 27.3. The highest BCUT2D eigenvalue weighted by atomic mass is 16.5. The summed E-state index contributed by atoms with van der Waals surface area (Å²) in [5.74, 6) is 0.451. The van der Waals surface area contributed by atoms with Crippen molar-refractivity contribution in [1.82, 2.24) is 14.5 Å². The Morgan fingerprint density at radius 3 is 2.58 bits per heavy atom. The molecule has 1 aliphatic heterocycles. The van der Waals surface area contributed by atoms with Gasteiger partial charge in [-0.05, 0) is 98.5 Å². The molecule has 6 heteroatoms. The van der Waals surface area contributed by atoms with E-state index in [1.165, 1.54) is 33.2 Å². The fourth-order valence-corrected chi connectivity index (χ4v) is 6.93. The lowest BCUT2D eigenvalue weighted by molar-refractivity contribution is -0.108. The van der Waals surface area contributed by atoms with E-state index in [1.807, 2.05) is 4.57 Å². The molecule has 0 amide bonds. The van der Waals surface area contributed by atoms with Crippen molar-refractivity contribution in [2.24, 2.45) is 0 Å². The van der Waals surface area contributed by atoms with E-state index in [0.29, 0.717) is 24.4 Å². The van der Waals surface area contributed by atoms with Crippen LogP contribution in [0.5, 0.6) is 0 Å². The Hall–Kier alpha value is -2.83. The summed E-state index contributed by atoms with van der Waals surface area (Å²) in [5.41, 5.74) is 11.2. The number of carbonyl (C=O) groups is 1. The van der Waals surface area contributed by atoms with Crippen molar-refractivity contribution in [1.29, 1.82) is 0 Å². The molecule has 0 N–H and O–H groups in total. The Labute approximate surface area is 226 Å². The van der Waals surface area contributed by atoms with E-state index >= 15 is 0 Å². The molecule has 2 aromatic heterocycles. The lowest BCUT2D eigenvalue weighted by atomic mass is 9.78. The molecular weight excluding hydrogens is 474 g/mol. The van der Waals surface area contributed by atoms with Gasteiger partial charge in [-0.2, -0.15) is 0 Å². The van der Waals surface area contributed by atoms with Crippen molar-refractivity contribution in [2.45, 2.75) is 90.8 Å². The van der Waals surface area contributed by atoms with Crippen LogP contribution in [0.25, 0.3) is 22.3 Å². The zero-order valence-corrected chi connectivity index (χ0v) is 24.0. The second-order valence-corrected chi connectivity index (χ2v) is 11.4. The summed E-state index contributed by atoms with van der Waals surface area (Å²) in [4.78, 5) is 33.1. The van der Waals surface area contributed by atoms with Gasteiger partial charge in [0.15, 0.2) is 0 Å². The van der Waals surface area contributed by atoms with Crippen LogP contribution in [0.2, 0.25) is 0 Å². The first-order valence-electron chi connectivity index (χ1n) is 14.1. The number of carbonyl (C=O) groups excluding carboxylic acids is 1. The van der Waals surface area contributed by atoms with Gasteiger partial charge < -0.3 is 19.0 Å². The molecule has 0 fully saturated rings. The van der Waals surface area contributed by atoms with Crippen LogP contribution in [-0.4, -0.2) is 41.9 Å². The topological polar surface area (TPSA) is 64.4 Å². The van der Waals surface area contributed by atoms with Gasteiger partial charge in [-0.25, -0.2) is 4.98 Å². The van der Waals surface area contributed by atoms with Crippen LogP contribution in [0.4, 0.5) is 0 Å². The summed E-state index contributed by atoms with van der Waals surface area (Å²) in [6.45, 7) is 9.67. The van der Waals surface area contributed by atoms with Crippen molar-refractivity contribution in [3.63, 3.8) is 0 Å². The van der Waals surface area contributed by atoms with Crippen molar-refractivity contribution >= 4 is 17.2 Å². The highest BCUT2D eigenvalue weighted by molar-refractivity contribution is 5.93. The van der Waals surface area contributed by atoms with Gasteiger partial charge >= 0.3 is 0 Å². The maximum Gasteiger partial charge on any atom is 0.257 e. The van der Waals surface area contributed by atoms with Gasteiger partial charge in [0.05, 0.1) is 30.1 Å². The van der Waals surface area contributed by atoms with E-state index < -0.39 is 0 Å². The molecule has 3 aromatic rings. The van der Waals surface area contributed by atoms with E-state index in [2.05, 4.69) is 58.8 Å². The quantitative estimate of drug-likeness (QED) is 0.255. The number of methoxy groups -OCH3 is 1. The molecule has 5 rings (SSSR count). The molecule has 0 saturated heterocycles. The first-order valence-corrected chi connectivity index (χ1v) is 14.1. The summed E-state index contributed by atoms with van der Waals surface area (Å²) in [7, 11) is 5.93. The fraction of sp³-hybridized carbons (Fsp3) is 0.531. The Balaban J connectivity index is 1.85. The molecule has 0 saturated carbocycles. The number of aromatic nitrogens is 2. The number of benzene rings is 1. The number of rotatable bonds is 9. The van der Waals surface area contributed by atoms with Gasteiger partial charge in [0, 0.05) is 36.1 Å². The second-order valence-electron chi connectivity index (χ2n) is 11.4. The Morgan fingerprint density at radius 1 is 1.18 bits per heavy atom. The van der Waals surface area contributed by atoms with E-state index in [-0.39, 0.29) is 24.1 Å². The van der Waals surface area contributed by atoms with Crippen LogP contribution in [0, 0.1) is 6.92 Å². The van der Waals surface area contributed by atoms with E-state index in [4.69, 9.17) is 9.72 Å². The van der Waals surface area contributed by atoms with Gasteiger partial charge in [0.25, 0.3) is 5.56 Å². The molecule has 38 heavy (non-hydrogen) atoms. The molecule has 2 aliphatic rings. The predicted molar refractivity (Wildman–Crippen MR) is 153 cm³/mol. The van der Waals surface area contributed by atoms with Crippen molar-refractivity contribution < 1.29 is 9.53 Å². The summed E-state index contributed by atoms with van der Waals surface area (Å²) in [6.07, 6.45) is 5.32. The molecule has 3 heterocycles. The number of aryl methyl sites for hydroxylation is 1. The molecule has 3 atom stereocenters. The average Bonchev–Trinajstić information content (AvgIpc) is 3.28. The molecular formula is C32H41N3O3. The molecule has 0 radical (unpaired) electrons. The van der Waals surface area contributed by atoms with Gasteiger partial charge in [0.1, 0.15) is 6.29 Å². The number of ether oxygens (including phenoxy) is 1. The lowest BCUT2D eigenvalue weighted by Gasteiger charge is -2.34. The number of fused-ring (bicyclic) bond motifs is 4. The van der Waals surface area contributed by atoms with Gasteiger partial charge in [-0.3, -0.25) is 4.79 Å². The summed E-state index contributed by atoms with van der Waals surface area (Å²) < 4.78 is 7.37. The maximum absolute atomic E-state index is 13.9. The smallest absolute Gasteiger partial charge is 0.257 e. The maximum atomic E-state index is 13.9. The highest BCUT2D eigenvalue weighted by Crippen LogP contribution is 2.47. The lowest BCUT2D eigenvalue weighted by Crippen LogP contribution is -2.27. The minimum Gasteiger partial charge on any atom is -0.380 e. The van der Waals surface area contributed by atoms with Crippen molar-refractivity contribution in [3.8, 4) is 11.4 Å².